The summed E-state index contributed by atoms with van der Waals surface area (Å²) < 4.78 is 23.4. The average molecular weight is 375 g/mol. The van der Waals surface area contributed by atoms with Gasteiger partial charge in [0, 0.05) is 31.7 Å². The first-order valence-corrected chi connectivity index (χ1v) is 10.1. The second-order valence-corrected chi connectivity index (χ2v) is 8.36. The highest BCUT2D eigenvalue weighted by atomic mass is 16.7. The number of hydrogen-bond donors (Lipinski definition) is 1. The standard InChI is InChI=1S/C21H29NO5/c1-3-14(23)11-25-20-10-22-9-13-6-17-18(27-12-26-17)8-16(13)21(20)5-4-15(24-2)7-19(21)22/h6,8,14-15,19-20,23H,3-5,7,9-12H2,1-2H3/t14-,15+,19-,20-,21-/m0/s1. The van der Waals surface area contributed by atoms with E-state index in [1.54, 1.807) is 0 Å². The van der Waals surface area contributed by atoms with Crippen LogP contribution in [0.15, 0.2) is 12.1 Å². The molecule has 3 aliphatic heterocycles. The van der Waals surface area contributed by atoms with E-state index in [-0.39, 0.29) is 11.5 Å². The molecule has 1 aromatic rings. The molecular formula is C21H29NO5. The minimum Gasteiger partial charge on any atom is -0.454 e. The zero-order valence-corrected chi connectivity index (χ0v) is 16.1. The lowest BCUT2D eigenvalue weighted by Crippen LogP contribution is -2.55. The van der Waals surface area contributed by atoms with Gasteiger partial charge in [-0.1, -0.05) is 6.92 Å². The van der Waals surface area contributed by atoms with Gasteiger partial charge in [0.25, 0.3) is 0 Å². The normalized spacial score (nSPS) is 37.0. The predicted molar refractivity (Wildman–Crippen MR) is 99.1 cm³/mol. The maximum Gasteiger partial charge on any atom is 0.231 e. The molecule has 6 nitrogen and oxygen atoms in total. The average Bonchev–Trinajstić information content (AvgIpc) is 3.24. The van der Waals surface area contributed by atoms with Crippen molar-refractivity contribution in [2.45, 2.75) is 68.9 Å². The molecule has 6 atom stereocenters. The van der Waals surface area contributed by atoms with E-state index in [4.69, 9.17) is 18.9 Å². The van der Waals surface area contributed by atoms with E-state index in [0.717, 1.165) is 43.9 Å². The highest BCUT2D eigenvalue weighted by Gasteiger charge is 2.61. The fourth-order valence-electron chi connectivity index (χ4n) is 5.69. The first-order valence-electron chi connectivity index (χ1n) is 10.1. The molecule has 5 rings (SSSR count). The number of methoxy groups -OCH3 is 1. The summed E-state index contributed by atoms with van der Waals surface area (Å²) in [4.78, 5) is 2.55. The molecule has 2 bridgehead atoms. The summed E-state index contributed by atoms with van der Waals surface area (Å²) in [6.07, 6.45) is 3.80. The van der Waals surface area contributed by atoms with E-state index in [2.05, 4.69) is 17.0 Å². The Balaban J connectivity index is 1.55. The Morgan fingerprint density at radius 2 is 2.15 bits per heavy atom. The molecule has 1 aliphatic carbocycles. The Labute approximate surface area is 160 Å². The van der Waals surface area contributed by atoms with Crippen LogP contribution < -0.4 is 9.47 Å². The van der Waals surface area contributed by atoms with Gasteiger partial charge in [-0.3, -0.25) is 4.90 Å². The number of benzene rings is 1. The van der Waals surface area contributed by atoms with Gasteiger partial charge in [-0.25, -0.2) is 0 Å². The number of ether oxygens (including phenoxy) is 4. The minimum absolute atomic E-state index is 0.0585. The molecular weight excluding hydrogens is 346 g/mol. The maximum atomic E-state index is 10.1. The summed E-state index contributed by atoms with van der Waals surface area (Å²) in [5, 5.41) is 10.1. The third-order valence-corrected chi connectivity index (χ3v) is 7.14. The molecule has 1 saturated heterocycles. The van der Waals surface area contributed by atoms with Crippen LogP contribution in [0.1, 0.15) is 43.7 Å². The van der Waals surface area contributed by atoms with E-state index >= 15 is 0 Å². The first-order chi connectivity index (χ1) is 13.2. The minimum atomic E-state index is -0.401. The Hall–Kier alpha value is -1.34. The van der Waals surface area contributed by atoms with E-state index < -0.39 is 6.10 Å². The van der Waals surface area contributed by atoms with Crippen molar-refractivity contribution < 1.29 is 24.1 Å². The number of hydrogen-bond acceptors (Lipinski definition) is 6. The largest absolute Gasteiger partial charge is 0.454 e. The van der Waals surface area contributed by atoms with Gasteiger partial charge >= 0.3 is 0 Å². The second kappa shape index (κ2) is 6.62. The van der Waals surface area contributed by atoms with Crippen LogP contribution in [0, 0.1) is 0 Å². The van der Waals surface area contributed by atoms with Crippen molar-refractivity contribution in [1.82, 2.24) is 4.90 Å². The third-order valence-electron chi connectivity index (χ3n) is 7.14. The maximum absolute atomic E-state index is 10.1. The van der Waals surface area contributed by atoms with E-state index in [1.807, 2.05) is 14.0 Å². The van der Waals surface area contributed by atoms with Crippen molar-refractivity contribution in [3.63, 3.8) is 0 Å². The molecule has 148 valence electrons. The van der Waals surface area contributed by atoms with Gasteiger partial charge in [0.1, 0.15) is 0 Å². The second-order valence-electron chi connectivity index (χ2n) is 8.36. The topological polar surface area (TPSA) is 60.4 Å². The monoisotopic (exact) mass is 375 g/mol. The van der Waals surface area contributed by atoms with Gasteiger partial charge in [0.2, 0.25) is 6.79 Å². The SMILES string of the molecule is CC[C@H](O)CO[C@H]1CN2Cc3cc4c(cc3[C@]13CC[C@@H](OC)C[C@H]23)OCO4. The highest BCUT2D eigenvalue weighted by molar-refractivity contribution is 5.54. The lowest BCUT2D eigenvalue weighted by molar-refractivity contribution is -0.0522. The molecule has 6 heteroatoms. The van der Waals surface area contributed by atoms with Gasteiger partial charge in [0.15, 0.2) is 11.5 Å². The number of nitrogens with zero attached hydrogens (tertiary/aromatic N) is 1. The van der Waals surface area contributed by atoms with Gasteiger partial charge in [-0.2, -0.15) is 0 Å². The van der Waals surface area contributed by atoms with Gasteiger partial charge in [-0.15, -0.1) is 0 Å². The highest BCUT2D eigenvalue weighted by Crippen LogP contribution is 2.56. The lowest BCUT2D eigenvalue weighted by atomic mass is 9.62. The van der Waals surface area contributed by atoms with Gasteiger partial charge < -0.3 is 24.1 Å². The quantitative estimate of drug-likeness (QED) is 0.852. The molecule has 27 heavy (non-hydrogen) atoms. The fourth-order valence-corrected chi connectivity index (χ4v) is 5.69. The Bertz CT molecular complexity index is 725. The third kappa shape index (κ3) is 2.61. The lowest BCUT2D eigenvalue weighted by Gasteiger charge is -2.50. The molecule has 0 amide bonds. The van der Waals surface area contributed by atoms with Gasteiger partial charge in [0.05, 0.1) is 24.9 Å². The Morgan fingerprint density at radius 1 is 1.33 bits per heavy atom. The summed E-state index contributed by atoms with van der Waals surface area (Å²) >= 11 is 0. The van der Waals surface area contributed by atoms with Crippen molar-refractivity contribution in [1.29, 1.82) is 0 Å². The summed E-state index contributed by atoms with van der Waals surface area (Å²) in [5.41, 5.74) is 2.63. The zero-order chi connectivity index (χ0) is 18.6. The molecule has 3 heterocycles. The van der Waals surface area contributed by atoms with Crippen LogP contribution in [0.5, 0.6) is 11.5 Å². The van der Waals surface area contributed by atoms with Crippen LogP contribution in [-0.2, 0) is 21.4 Å². The summed E-state index contributed by atoms with van der Waals surface area (Å²) in [6.45, 7) is 4.50. The van der Waals surface area contributed by atoms with E-state index in [1.165, 1.54) is 11.1 Å². The van der Waals surface area contributed by atoms with Crippen LogP contribution in [0.4, 0.5) is 0 Å². The molecule has 0 spiro atoms. The van der Waals surface area contributed by atoms with Crippen molar-refractivity contribution in [3.05, 3.63) is 23.3 Å². The summed E-state index contributed by atoms with van der Waals surface area (Å²) in [6, 6.07) is 4.77. The van der Waals surface area contributed by atoms with Crippen LogP contribution in [0.2, 0.25) is 0 Å². The molecule has 0 aromatic heterocycles. The number of rotatable bonds is 5. The molecule has 1 aromatic carbocycles. The number of aliphatic hydroxyl groups is 1. The van der Waals surface area contributed by atoms with E-state index in [0.29, 0.717) is 32.0 Å². The van der Waals surface area contributed by atoms with E-state index in [9.17, 15) is 5.11 Å². The van der Waals surface area contributed by atoms with Crippen molar-refractivity contribution in [2.75, 3.05) is 27.1 Å². The molecule has 0 radical (unpaired) electrons. The summed E-state index contributed by atoms with van der Waals surface area (Å²) in [5.74, 6) is 1.71. The first kappa shape index (κ1) is 17.7. The fraction of sp³-hybridized carbons (Fsp3) is 0.714. The number of aliphatic hydroxyl groups excluding tert-OH is 1. The van der Waals surface area contributed by atoms with Crippen molar-refractivity contribution in [2.24, 2.45) is 0 Å². The smallest absolute Gasteiger partial charge is 0.231 e. The van der Waals surface area contributed by atoms with Crippen LogP contribution in [0.3, 0.4) is 0 Å². The van der Waals surface area contributed by atoms with Crippen molar-refractivity contribution >= 4 is 0 Å². The van der Waals surface area contributed by atoms with Crippen molar-refractivity contribution in [3.8, 4) is 11.5 Å². The van der Waals surface area contributed by atoms with Gasteiger partial charge in [-0.05, 0) is 48.9 Å². The molecule has 1 N–H and O–H groups in total. The Kier molecular flexibility index (Phi) is 4.35. The zero-order valence-electron chi connectivity index (χ0n) is 16.1. The predicted octanol–water partition coefficient (Wildman–Crippen LogP) is 2.21. The molecule has 1 unspecified atom stereocenters. The molecule has 2 fully saturated rings. The number of fused-ring (bicyclic) bond motifs is 2. The van der Waals surface area contributed by atoms with Crippen LogP contribution in [-0.4, -0.2) is 61.4 Å². The molecule has 1 saturated carbocycles. The Morgan fingerprint density at radius 3 is 2.93 bits per heavy atom. The van der Waals surface area contributed by atoms with Crippen LogP contribution in [0.25, 0.3) is 0 Å². The summed E-state index contributed by atoms with van der Waals surface area (Å²) in [7, 11) is 1.82. The van der Waals surface area contributed by atoms with Crippen LogP contribution >= 0.6 is 0 Å². The molecule has 4 aliphatic rings.